The molecule has 0 bridgehead atoms. The van der Waals surface area contributed by atoms with Crippen LogP contribution in [0.1, 0.15) is 72.1 Å². The smallest absolute Gasteiger partial charge is 0.106 e. The predicted molar refractivity (Wildman–Crippen MR) is 85.7 cm³/mol. The molecule has 1 heterocycles. The number of rotatable bonds is 9. The molecule has 1 aliphatic rings. The molecule has 0 aromatic rings. The normalized spacial score (nSPS) is 23.2. The lowest BCUT2D eigenvalue weighted by atomic mass is 9.91. The molecule has 20 heavy (non-hydrogen) atoms. The number of piperidine rings is 1. The summed E-state index contributed by atoms with van der Waals surface area (Å²) in [6.07, 6.45) is 9.76. The third-order valence-corrected chi connectivity index (χ3v) is 4.75. The first kappa shape index (κ1) is 17.5. The van der Waals surface area contributed by atoms with Crippen molar-refractivity contribution in [2.75, 3.05) is 19.6 Å². The second-order valence-electron chi connectivity index (χ2n) is 6.16. The molecule has 1 rings (SSSR count). The highest BCUT2D eigenvalue weighted by atomic mass is 15.2. The van der Waals surface area contributed by atoms with Crippen LogP contribution in [0.2, 0.25) is 0 Å². The standard InChI is InChI=1S/C17H33N3/c1-4-10-16-11-7-8-13-20(16)14-9-12-17(5-2,15-18)19-6-3/h16,19H,4-14H2,1-3H3. The summed E-state index contributed by atoms with van der Waals surface area (Å²) in [5.41, 5.74) is -0.301. The largest absolute Gasteiger partial charge is 0.300 e. The quantitative estimate of drug-likeness (QED) is 0.699. The van der Waals surface area contributed by atoms with Crippen LogP contribution >= 0.6 is 0 Å². The Labute approximate surface area is 125 Å². The Kier molecular flexibility index (Phi) is 8.18. The van der Waals surface area contributed by atoms with Crippen LogP contribution < -0.4 is 5.32 Å². The summed E-state index contributed by atoms with van der Waals surface area (Å²) in [7, 11) is 0. The second kappa shape index (κ2) is 9.37. The van der Waals surface area contributed by atoms with Gasteiger partial charge in [0.15, 0.2) is 0 Å². The van der Waals surface area contributed by atoms with E-state index in [0.29, 0.717) is 0 Å². The SMILES string of the molecule is CCCC1CCCCN1CCCC(C#N)(CC)NCC. The average Bonchev–Trinajstić information content (AvgIpc) is 2.48. The van der Waals surface area contributed by atoms with Crippen molar-refractivity contribution in [1.82, 2.24) is 10.2 Å². The van der Waals surface area contributed by atoms with Crippen molar-refractivity contribution in [3.05, 3.63) is 0 Å². The lowest BCUT2D eigenvalue weighted by Crippen LogP contribution is -2.45. The first-order valence-corrected chi connectivity index (χ1v) is 8.61. The minimum Gasteiger partial charge on any atom is -0.300 e. The molecule has 116 valence electrons. The Morgan fingerprint density at radius 2 is 2.10 bits per heavy atom. The summed E-state index contributed by atoms with van der Waals surface area (Å²) >= 11 is 0. The molecule has 2 unspecified atom stereocenters. The molecule has 1 aliphatic heterocycles. The molecule has 3 heteroatoms. The van der Waals surface area contributed by atoms with Gasteiger partial charge in [0, 0.05) is 6.04 Å². The van der Waals surface area contributed by atoms with Gasteiger partial charge in [0.25, 0.3) is 0 Å². The molecule has 0 aromatic carbocycles. The molecule has 0 aromatic heterocycles. The molecule has 0 radical (unpaired) electrons. The summed E-state index contributed by atoms with van der Waals surface area (Å²) in [4.78, 5) is 2.68. The molecular formula is C17H33N3. The van der Waals surface area contributed by atoms with Crippen molar-refractivity contribution >= 4 is 0 Å². The highest BCUT2D eigenvalue weighted by Crippen LogP contribution is 2.23. The maximum absolute atomic E-state index is 9.45. The Balaban J connectivity index is 2.42. The van der Waals surface area contributed by atoms with Gasteiger partial charge in [-0.2, -0.15) is 5.26 Å². The van der Waals surface area contributed by atoms with Crippen LogP contribution in [0, 0.1) is 11.3 Å². The third-order valence-electron chi connectivity index (χ3n) is 4.75. The zero-order valence-electron chi connectivity index (χ0n) is 13.7. The van der Waals surface area contributed by atoms with Gasteiger partial charge in [0.2, 0.25) is 0 Å². The van der Waals surface area contributed by atoms with E-state index in [1.165, 1.54) is 45.2 Å². The number of hydrogen-bond acceptors (Lipinski definition) is 3. The topological polar surface area (TPSA) is 39.1 Å². The van der Waals surface area contributed by atoms with E-state index in [2.05, 4.69) is 37.1 Å². The van der Waals surface area contributed by atoms with E-state index in [9.17, 15) is 5.26 Å². The fraction of sp³-hybridized carbons (Fsp3) is 0.941. The number of nitrogens with one attached hydrogen (secondary N) is 1. The number of nitriles is 1. The third kappa shape index (κ3) is 5.07. The molecule has 0 saturated carbocycles. The van der Waals surface area contributed by atoms with Crippen molar-refractivity contribution < 1.29 is 0 Å². The lowest BCUT2D eigenvalue weighted by molar-refractivity contribution is 0.133. The minimum atomic E-state index is -0.301. The monoisotopic (exact) mass is 279 g/mol. The minimum absolute atomic E-state index is 0.301. The first-order valence-electron chi connectivity index (χ1n) is 8.61. The van der Waals surface area contributed by atoms with E-state index in [4.69, 9.17) is 0 Å². The molecule has 0 spiro atoms. The Bertz CT molecular complexity index is 295. The van der Waals surface area contributed by atoms with Crippen molar-refractivity contribution in [1.29, 1.82) is 5.26 Å². The first-order chi connectivity index (χ1) is 9.71. The molecule has 0 aliphatic carbocycles. The fourth-order valence-corrected chi connectivity index (χ4v) is 3.50. The van der Waals surface area contributed by atoms with Gasteiger partial charge >= 0.3 is 0 Å². The summed E-state index contributed by atoms with van der Waals surface area (Å²) in [5.74, 6) is 0. The van der Waals surface area contributed by atoms with E-state index in [1.54, 1.807) is 0 Å². The number of nitrogens with zero attached hydrogens (tertiary/aromatic N) is 2. The summed E-state index contributed by atoms with van der Waals surface area (Å²) in [6.45, 7) is 9.80. The van der Waals surface area contributed by atoms with Crippen LogP contribution in [-0.4, -0.2) is 36.1 Å². The molecule has 0 amide bonds. The Morgan fingerprint density at radius 3 is 2.70 bits per heavy atom. The number of hydrogen-bond donors (Lipinski definition) is 1. The molecule has 3 nitrogen and oxygen atoms in total. The molecule has 1 fully saturated rings. The predicted octanol–water partition coefficient (Wildman–Crippen LogP) is 3.70. The van der Waals surface area contributed by atoms with E-state index in [0.717, 1.165) is 31.8 Å². The van der Waals surface area contributed by atoms with Crippen molar-refractivity contribution in [3.8, 4) is 6.07 Å². The van der Waals surface area contributed by atoms with E-state index in [1.807, 2.05) is 0 Å². The van der Waals surface area contributed by atoms with Crippen LogP contribution in [0.3, 0.4) is 0 Å². The molecular weight excluding hydrogens is 246 g/mol. The van der Waals surface area contributed by atoms with Gasteiger partial charge in [-0.25, -0.2) is 0 Å². The van der Waals surface area contributed by atoms with Gasteiger partial charge in [-0.1, -0.05) is 33.6 Å². The van der Waals surface area contributed by atoms with Crippen LogP contribution in [0.15, 0.2) is 0 Å². The lowest BCUT2D eigenvalue weighted by Gasteiger charge is -2.36. The Hall–Kier alpha value is -0.590. The second-order valence-corrected chi connectivity index (χ2v) is 6.16. The summed E-state index contributed by atoms with van der Waals surface area (Å²) in [6, 6.07) is 3.31. The van der Waals surface area contributed by atoms with Gasteiger partial charge < -0.3 is 4.90 Å². The van der Waals surface area contributed by atoms with Crippen molar-refractivity contribution in [2.45, 2.75) is 83.7 Å². The van der Waals surface area contributed by atoms with Crippen molar-refractivity contribution in [3.63, 3.8) is 0 Å². The maximum atomic E-state index is 9.45. The van der Waals surface area contributed by atoms with E-state index in [-0.39, 0.29) is 5.54 Å². The molecule has 1 N–H and O–H groups in total. The van der Waals surface area contributed by atoms with Gasteiger partial charge in [0.05, 0.1) is 6.07 Å². The fourth-order valence-electron chi connectivity index (χ4n) is 3.50. The Morgan fingerprint density at radius 1 is 1.30 bits per heavy atom. The maximum Gasteiger partial charge on any atom is 0.106 e. The van der Waals surface area contributed by atoms with Crippen LogP contribution in [0.25, 0.3) is 0 Å². The van der Waals surface area contributed by atoms with Gasteiger partial charge in [-0.3, -0.25) is 5.32 Å². The van der Waals surface area contributed by atoms with Gasteiger partial charge in [0.1, 0.15) is 5.54 Å². The summed E-state index contributed by atoms with van der Waals surface area (Å²) in [5, 5.41) is 12.8. The van der Waals surface area contributed by atoms with E-state index < -0.39 is 0 Å². The number of likely N-dealkylation sites (tertiary alicyclic amines) is 1. The van der Waals surface area contributed by atoms with Crippen LogP contribution in [0.4, 0.5) is 0 Å². The van der Waals surface area contributed by atoms with Crippen LogP contribution in [0.5, 0.6) is 0 Å². The molecule has 1 saturated heterocycles. The zero-order chi connectivity index (χ0) is 14.8. The highest BCUT2D eigenvalue weighted by molar-refractivity contribution is 5.06. The summed E-state index contributed by atoms with van der Waals surface area (Å²) < 4.78 is 0. The van der Waals surface area contributed by atoms with Crippen molar-refractivity contribution in [2.24, 2.45) is 0 Å². The van der Waals surface area contributed by atoms with Gasteiger partial charge in [-0.05, 0) is 58.2 Å². The molecule has 2 atom stereocenters. The average molecular weight is 279 g/mol. The highest BCUT2D eigenvalue weighted by Gasteiger charge is 2.27. The zero-order valence-corrected chi connectivity index (χ0v) is 13.7. The van der Waals surface area contributed by atoms with Crippen LogP contribution in [-0.2, 0) is 0 Å². The van der Waals surface area contributed by atoms with E-state index >= 15 is 0 Å². The van der Waals surface area contributed by atoms with Gasteiger partial charge in [-0.15, -0.1) is 0 Å².